The van der Waals surface area contributed by atoms with E-state index in [2.05, 4.69) is 5.32 Å². The van der Waals surface area contributed by atoms with Crippen molar-refractivity contribution in [3.05, 3.63) is 29.8 Å². The lowest BCUT2D eigenvalue weighted by atomic mass is 10.2. The van der Waals surface area contributed by atoms with Gasteiger partial charge in [-0.1, -0.05) is 25.1 Å². The molecule has 1 aliphatic carbocycles. The molecule has 5 heteroatoms. The van der Waals surface area contributed by atoms with Crippen LogP contribution in [-0.2, 0) is 16.6 Å². The highest BCUT2D eigenvalue weighted by Gasteiger charge is 2.29. The first-order chi connectivity index (χ1) is 9.96. The molecule has 0 amide bonds. The van der Waals surface area contributed by atoms with Gasteiger partial charge in [0.05, 0.1) is 4.90 Å². The van der Waals surface area contributed by atoms with Crippen LogP contribution in [0, 0.1) is 0 Å². The lowest BCUT2D eigenvalue weighted by Gasteiger charge is -2.26. The summed E-state index contributed by atoms with van der Waals surface area (Å²) in [7, 11) is -3.43. The van der Waals surface area contributed by atoms with Crippen molar-refractivity contribution < 1.29 is 8.42 Å². The van der Waals surface area contributed by atoms with Crippen LogP contribution in [0.25, 0.3) is 0 Å². The predicted octanol–water partition coefficient (Wildman–Crippen LogP) is 2.75. The monoisotopic (exact) mass is 310 g/mol. The van der Waals surface area contributed by atoms with Crippen LogP contribution in [-0.4, -0.2) is 31.4 Å². The quantitative estimate of drug-likeness (QED) is 0.803. The number of hydrogen-bond donors (Lipinski definition) is 1. The summed E-state index contributed by atoms with van der Waals surface area (Å²) in [6, 6.07) is 7.88. The van der Waals surface area contributed by atoms with Gasteiger partial charge in [0.15, 0.2) is 0 Å². The van der Waals surface area contributed by atoms with Crippen LogP contribution >= 0.6 is 0 Å². The Balaban J connectivity index is 2.28. The zero-order valence-electron chi connectivity index (χ0n) is 13.2. The molecule has 2 rings (SSSR count). The van der Waals surface area contributed by atoms with E-state index in [0.717, 1.165) is 12.0 Å². The molecule has 1 aromatic rings. The Morgan fingerprint density at radius 3 is 2.52 bits per heavy atom. The SMILES string of the molecule is CCCN(C(C)C)S(=O)(=O)c1ccccc1CNC1CC1. The highest BCUT2D eigenvalue weighted by Crippen LogP contribution is 2.24. The third-order valence-electron chi connectivity index (χ3n) is 3.74. The summed E-state index contributed by atoms with van der Waals surface area (Å²) in [6.45, 7) is 7.05. The maximum Gasteiger partial charge on any atom is 0.243 e. The minimum atomic E-state index is -3.43. The second kappa shape index (κ2) is 6.90. The summed E-state index contributed by atoms with van der Waals surface area (Å²) in [5, 5.41) is 3.40. The number of rotatable bonds is 8. The van der Waals surface area contributed by atoms with Gasteiger partial charge in [-0.25, -0.2) is 8.42 Å². The number of benzene rings is 1. The first-order valence-electron chi connectivity index (χ1n) is 7.80. The fourth-order valence-electron chi connectivity index (χ4n) is 2.45. The molecule has 0 saturated heterocycles. The van der Waals surface area contributed by atoms with Gasteiger partial charge in [-0.3, -0.25) is 0 Å². The highest BCUT2D eigenvalue weighted by atomic mass is 32.2. The summed E-state index contributed by atoms with van der Waals surface area (Å²) in [4.78, 5) is 0.445. The highest BCUT2D eigenvalue weighted by molar-refractivity contribution is 7.89. The number of sulfonamides is 1. The lowest BCUT2D eigenvalue weighted by molar-refractivity contribution is 0.353. The molecule has 1 aromatic carbocycles. The molecule has 0 aliphatic heterocycles. The minimum absolute atomic E-state index is 0.0283. The van der Waals surface area contributed by atoms with E-state index in [1.165, 1.54) is 12.8 Å². The third-order valence-corrected chi connectivity index (χ3v) is 5.91. The zero-order chi connectivity index (χ0) is 15.5. The Morgan fingerprint density at radius 2 is 1.95 bits per heavy atom. The molecular weight excluding hydrogens is 284 g/mol. The minimum Gasteiger partial charge on any atom is -0.310 e. The molecule has 4 nitrogen and oxygen atoms in total. The fraction of sp³-hybridized carbons (Fsp3) is 0.625. The molecule has 1 saturated carbocycles. The molecule has 0 unspecified atom stereocenters. The van der Waals surface area contributed by atoms with Crippen molar-refractivity contribution in [1.29, 1.82) is 0 Å². The van der Waals surface area contributed by atoms with E-state index in [-0.39, 0.29) is 6.04 Å². The maximum atomic E-state index is 12.9. The second-order valence-electron chi connectivity index (χ2n) is 5.97. The van der Waals surface area contributed by atoms with E-state index >= 15 is 0 Å². The molecule has 1 fully saturated rings. The van der Waals surface area contributed by atoms with E-state index in [9.17, 15) is 8.42 Å². The van der Waals surface area contributed by atoms with Gasteiger partial charge in [0, 0.05) is 25.2 Å². The van der Waals surface area contributed by atoms with Gasteiger partial charge in [-0.2, -0.15) is 4.31 Å². The van der Waals surface area contributed by atoms with Crippen LogP contribution in [0.4, 0.5) is 0 Å². The van der Waals surface area contributed by atoms with E-state index in [4.69, 9.17) is 0 Å². The number of nitrogens with one attached hydrogen (secondary N) is 1. The molecule has 0 atom stereocenters. The molecule has 0 aromatic heterocycles. The van der Waals surface area contributed by atoms with E-state index < -0.39 is 10.0 Å². The van der Waals surface area contributed by atoms with Crippen LogP contribution in [0.2, 0.25) is 0 Å². The first kappa shape index (κ1) is 16.5. The van der Waals surface area contributed by atoms with Crippen LogP contribution < -0.4 is 5.32 Å². The van der Waals surface area contributed by atoms with Crippen molar-refractivity contribution in [3.63, 3.8) is 0 Å². The summed E-state index contributed by atoms with van der Waals surface area (Å²) in [5.74, 6) is 0. The number of hydrogen-bond acceptors (Lipinski definition) is 3. The van der Waals surface area contributed by atoms with Crippen molar-refractivity contribution in [2.45, 2.75) is 63.6 Å². The smallest absolute Gasteiger partial charge is 0.243 e. The van der Waals surface area contributed by atoms with Gasteiger partial charge in [-0.05, 0) is 44.7 Å². The molecule has 21 heavy (non-hydrogen) atoms. The first-order valence-corrected chi connectivity index (χ1v) is 9.24. The predicted molar refractivity (Wildman–Crippen MR) is 85.6 cm³/mol. The molecule has 0 spiro atoms. The Bertz CT molecular complexity index is 565. The van der Waals surface area contributed by atoms with Crippen LogP contribution in [0.15, 0.2) is 29.2 Å². The lowest BCUT2D eigenvalue weighted by Crippen LogP contribution is -2.38. The largest absolute Gasteiger partial charge is 0.310 e. The Labute approximate surface area is 128 Å². The summed E-state index contributed by atoms with van der Waals surface area (Å²) in [6.07, 6.45) is 3.21. The van der Waals surface area contributed by atoms with Crippen molar-refractivity contribution in [3.8, 4) is 0 Å². The third kappa shape index (κ3) is 4.05. The maximum absolute atomic E-state index is 12.9. The van der Waals surface area contributed by atoms with E-state index in [1.807, 2.05) is 32.9 Å². The summed E-state index contributed by atoms with van der Waals surface area (Å²) < 4.78 is 27.5. The van der Waals surface area contributed by atoms with Crippen molar-refractivity contribution in [2.24, 2.45) is 0 Å². The topological polar surface area (TPSA) is 49.4 Å². The summed E-state index contributed by atoms with van der Waals surface area (Å²) >= 11 is 0. The Morgan fingerprint density at radius 1 is 1.29 bits per heavy atom. The molecule has 0 heterocycles. The molecule has 1 aliphatic rings. The van der Waals surface area contributed by atoms with Crippen molar-refractivity contribution in [1.82, 2.24) is 9.62 Å². The van der Waals surface area contributed by atoms with E-state index in [0.29, 0.717) is 24.0 Å². The zero-order valence-corrected chi connectivity index (χ0v) is 14.0. The van der Waals surface area contributed by atoms with Gasteiger partial charge < -0.3 is 5.32 Å². The van der Waals surface area contributed by atoms with Gasteiger partial charge in [0.2, 0.25) is 10.0 Å². The molecule has 1 N–H and O–H groups in total. The van der Waals surface area contributed by atoms with Gasteiger partial charge in [0.25, 0.3) is 0 Å². The average molecular weight is 310 g/mol. The van der Waals surface area contributed by atoms with Crippen LogP contribution in [0.5, 0.6) is 0 Å². The molecular formula is C16H26N2O2S. The normalized spacial score (nSPS) is 15.9. The Hall–Kier alpha value is -0.910. The van der Waals surface area contributed by atoms with E-state index in [1.54, 1.807) is 16.4 Å². The average Bonchev–Trinajstić information content (AvgIpc) is 3.26. The van der Waals surface area contributed by atoms with Crippen LogP contribution in [0.1, 0.15) is 45.6 Å². The number of nitrogens with zero attached hydrogens (tertiary/aromatic N) is 1. The molecule has 118 valence electrons. The van der Waals surface area contributed by atoms with Crippen molar-refractivity contribution >= 4 is 10.0 Å². The standard InChI is InChI=1S/C16H26N2O2S/c1-4-11-18(13(2)3)21(19,20)16-8-6-5-7-14(16)12-17-15-9-10-15/h5-8,13,15,17H,4,9-12H2,1-3H3. The van der Waals surface area contributed by atoms with Crippen molar-refractivity contribution in [2.75, 3.05) is 6.54 Å². The van der Waals surface area contributed by atoms with Gasteiger partial charge in [-0.15, -0.1) is 0 Å². The summed E-state index contributed by atoms with van der Waals surface area (Å²) in [5.41, 5.74) is 0.867. The second-order valence-corrected chi connectivity index (χ2v) is 7.83. The molecule has 0 bridgehead atoms. The van der Waals surface area contributed by atoms with Gasteiger partial charge >= 0.3 is 0 Å². The Kier molecular flexibility index (Phi) is 5.41. The van der Waals surface area contributed by atoms with Gasteiger partial charge in [0.1, 0.15) is 0 Å². The molecule has 0 radical (unpaired) electrons. The van der Waals surface area contributed by atoms with Crippen LogP contribution in [0.3, 0.4) is 0 Å². The fourth-order valence-corrected chi connectivity index (χ4v) is 4.40.